The molecular weight excluding hydrogens is 264 g/mol. The molecule has 2 saturated heterocycles. The number of fused-ring (bicyclic) bond motifs is 2. The van der Waals surface area contributed by atoms with Crippen molar-refractivity contribution in [3.8, 4) is 5.75 Å². The third kappa shape index (κ3) is 2.60. The number of hydrogen-bond donors (Lipinski definition) is 1. The van der Waals surface area contributed by atoms with Crippen LogP contribution in [-0.4, -0.2) is 30.5 Å². The lowest BCUT2D eigenvalue weighted by atomic mass is 9.83. The van der Waals surface area contributed by atoms with E-state index in [0.717, 1.165) is 30.6 Å². The van der Waals surface area contributed by atoms with E-state index in [2.05, 4.69) is 0 Å². The largest absolute Gasteiger partial charge is 0.496 e. The number of methoxy groups -OCH3 is 1. The summed E-state index contributed by atoms with van der Waals surface area (Å²) in [6.07, 6.45) is 4.00. The molecular formula is C15H19ClO3. The van der Waals surface area contributed by atoms with Gasteiger partial charge in [0.15, 0.2) is 0 Å². The molecule has 0 amide bonds. The van der Waals surface area contributed by atoms with Gasteiger partial charge in [0.05, 0.1) is 25.4 Å². The molecule has 4 heteroatoms. The smallest absolute Gasteiger partial charge is 0.122 e. The summed E-state index contributed by atoms with van der Waals surface area (Å²) in [4.78, 5) is 0. The molecule has 0 radical (unpaired) electrons. The summed E-state index contributed by atoms with van der Waals surface area (Å²) in [6.45, 7) is 0. The van der Waals surface area contributed by atoms with Gasteiger partial charge in [-0.25, -0.2) is 0 Å². The first-order valence-corrected chi connectivity index (χ1v) is 7.21. The van der Waals surface area contributed by atoms with E-state index in [-0.39, 0.29) is 18.1 Å². The van der Waals surface area contributed by atoms with Gasteiger partial charge in [-0.1, -0.05) is 11.6 Å². The van der Waals surface area contributed by atoms with Gasteiger partial charge >= 0.3 is 0 Å². The predicted molar refractivity (Wildman–Crippen MR) is 73.7 cm³/mol. The standard InChI is InChI=1S/C15H19ClO3/c1-18-14-4-2-10(16)6-9(14)7-13(17)12-8-11-3-5-15(12)19-11/h2,4,6,11-13,15,17H,3,5,7-8H2,1H3. The van der Waals surface area contributed by atoms with Gasteiger partial charge in [-0.15, -0.1) is 0 Å². The van der Waals surface area contributed by atoms with Crippen molar-refractivity contribution in [3.63, 3.8) is 0 Å². The van der Waals surface area contributed by atoms with Gasteiger partial charge in [0, 0.05) is 17.4 Å². The molecule has 0 aliphatic carbocycles. The zero-order valence-electron chi connectivity index (χ0n) is 11.0. The minimum absolute atomic E-state index is 0.241. The summed E-state index contributed by atoms with van der Waals surface area (Å²) < 4.78 is 11.1. The van der Waals surface area contributed by atoms with E-state index in [9.17, 15) is 5.11 Å². The second kappa shape index (κ2) is 5.31. The van der Waals surface area contributed by atoms with E-state index in [4.69, 9.17) is 21.1 Å². The summed E-state index contributed by atoms with van der Waals surface area (Å²) in [5, 5.41) is 11.1. The second-order valence-corrected chi connectivity index (χ2v) is 5.94. The zero-order valence-corrected chi connectivity index (χ0v) is 11.8. The van der Waals surface area contributed by atoms with Crippen LogP contribution in [0.15, 0.2) is 18.2 Å². The maximum absolute atomic E-state index is 10.5. The molecule has 2 aliphatic heterocycles. The van der Waals surface area contributed by atoms with E-state index in [1.807, 2.05) is 12.1 Å². The van der Waals surface area contributed by atoms with Gasteiger partial charge in [-0.3, -0.25) is 0 Å². The number of aliphatic hydroxyl groups is 1. The quantitative estimate of drug-likeness (QED) is 0.923. The van der Waals surface area contributed by atoms with Gasteiger partial charge in [-0.2, -0.15) is 0 Å². The van der Waals surface area contributed by atoms with Crippen molar-refractivity contribution in [2.45, 2.75) is 44.0 Å². The Balaban J connectivity index is 1.72. The van der Waals surface area contributed by atoms with E-state index >= 15 is 0 Å². The van der Waals surface area contributed by atoms with E-state index in [0.29, 0.717) is 17.5 Å². The number of hydrogen-bond acceptors (Lipinski definition) is 3. The maximum Gasteiger partial charge on any atom is 0.122 e. The van der Waals surface area contributed by atoms with Crippen LogP contribution in [0.5, 0.6) is 5.75 Å². The molecule has 0 spiro atoms. The Morgan fingerprint density at radius 2 is 2.32 bits per heavy atom. The lowest BCUT2D eigenvalue weighted by Gasteiger charge is -2.24. The van der Waals surface area contributed by atoms with Crippen LogP contribution in [0.4, 0.5) is 0 Å². The molecule has 2 fully saturated rings. The van der Waals surface area contributed by atoms with Crippen LogP contribution in [0.3, 0.4) is 0 Å². The Hall–Kier alpha value is -0.770. The predicted octanol–water partition coefficient (Wildman–Crippen LogP) is 2.82. The van der Waals surface area contributed by atoms with Gasteiger partial charge < -0.3 is 14.6 Å². The highest BCUT2D eigenvalue weighted by Crippen LogP contribution is 2.41. The minimum atomic E-state index is -0.386. The fourth-order valence-corrected chi connectivity index (χ4v) is 3.56. The topological polar surface area (TPSA) is 38.7 Å². The summed E-state index contributed by atoms with van der Waals surface area (Å²) in [5.74, 6) is 1.04. The average molecular weight is 283 g/mol. The highest BCUT2D eigenvalue weighted by molar-refractivity contribution is 6.30. The molecule has 3 nitrogen and oxygen atoms in total. The van der Waals surface area contributed by atoms with Crippen LogP contribution < -0.4 is 4.74 Å². The minimum Gasteiger partial charge on any atom is -0.496 e. The Morgan fingerprint density at radius 1 is 1.47 bits per heavy atom. The maximum atomic E-state index is 10.5. The summed E-state index contributed by atoms with van der Waals surface area (Å²) >= 11 is 6.02. The van der Waals surface area contributed by atoms with Crippen molar-refractivity contribution in [3.05, 3.63) is 28.8 Å². The number of benzene rings is 1. The molecule has 3 rings (SSSR count). The number of ether oxygens (including phenoxy) is 2. The van der Waals surface area contributed by atoms with Crippen molar-refractivity contribution < 1.29 is 14.6 Å². The first-order chi connectivity index (χ1) is 9.17. The molecule has 2 bridgehead atoms. The van der Waals surface area contributed by atoms with Crippen molar-refractivity contribution in [2.24, 2.45) is 5.92 Å². The van der Waals surface area contributed by atoms with Crippen LogP contribution in [0.2, 0.25) is 5.02 Å². The third-order valence-corrected chi connectivity index (χ3v) is 4.55. The number of halogens is 1. The molecule has 104 valence electrons. The van der Waals surface area contributed by atoms with Crippen molar-refractivity contribution in [2.75, 3.05) is 7.11 Å². The first kappa shape index (κ1) is 13.2. The number of aliphatic hydroxyl groups excluding tert-OH is 1. The molecule has 19 heavy (non-hydrogen) atoms. The zero-order chi connectivity index (χ0) is 13.4. The Bertz CT molecular complexity index is 463. The molecule has 4 unspecified atom stereocenters. The Morgan fingerprint density at radius 3 is 2.95 bits per heavy atom. The molecule has 2 aliphatic rings. The molecule has 1 N–H and O–H groups in total. The molecule has 2 heterocycles. The lowest BCUT2D eigenvalue weighted by Crippen LogP contribution is -2.31. The second-order valence-electron chi connectivity index (χ2n) is 5.50. The van der Waals surface area contributed by atoms with E-state index in [1.165, 1.54) is 0 Å². The summed E-state index contributed by atoms with van der Waals surface area (Å²) in [5.41, 5.74) is 0.963. The highest BCUT2D eigenvalue weighted by Gasteiger charge is 2.43. The molecule has 1 aromatic carbocycles. The van der Waals surface area contributed by atoms with Gasteiger partial charge in [0.1, 0.15) is 5.75 Å². The number of rotatable bonds is 4. The average Bonchev–Trinajstić information content (AvgIpc) is 3.01. The lowest BCUT2D eigenvalue weighted by molar-refractivity contribution is 0.0429. The van der Waals surface area contributed by atoms with Crippen molar-refractivity contribution in [1.82, 2.24) is 0 Å². The monoisotopic (exact) mass is 282 g/mol. The van der Waals surface area contributed by atoms with Crippen LogP contribution in [0.25, 0.3) is 0 Å². The fourth-order valence-electron chi connectivity index (χ4n) is 3.37. The Labute approximate surface area is 118 Å². The third-order valence-electron chi connectivity index (χ3n) is 4.32. The van der Waals surface area contributed by atoms with Gasteiger partial charge in [0.2, 0.25) is 0 Å². The Kier molecular flexibility index (Phi) is 3.70. The molecule has 0 aromatic heterocycles. The van der Waals surface area contributed by atoms with Crippen molar-refractivity contribution in [1.29, 1.82) is 0 Å². The molecule has 1 aromatic rings. The highest BCUT2D eigenvalue weighted by atomic mass is 35.5. The van der Waals surface area contributed by atoms with Crippen LogP contribution in [0.1, 0.15) is 24.8 Å². The van der Waals surface area contributed by atoms with Crippen LogP contribution in [0, 0.1) is 5.92 Å². The normalized spacial score (nSPS) is 30.6. The summed E-state index contributed by atoms with van der Waals surface area (Å²) in [6, 6.07) is 5.52. The van der Waals surface area contributed by atoms with Crippen LogP contribution >= 0.6 is 11.6 Å². The van der Waals surface area contributed by atoms with Crippen LogP contribution in [-0.2, 0) is 11.2 Å². The molecule has 0 saturated carbocycles. The van der Waals surface area contributed by atoms with Crippen molar-refractivity contribution >= 4 is 11.6 Å². The van der Waals surface area contributed by atoms with E-state index in [1.54, 1.807) is 13.2 Å². The van der Waals surface area contributed by atoms with Gasteiger partial charge in [0.25, 0.3) is 0 Å². The van der Waals surface area contributed by atoms with E-state index < -0.39 is 0 Å². The van der Waals surface area contributed by atoms with Gasteiger partial charge in [-0.05, 0) is 43.0 Å². The summed E-state index contributed by atoms with van der Waals surface area (Å²) in [7, 11) is 1.64. The SMILES string of the molecule is COc1ccc(Cl)cc1CC(O)C1CC2CCC1O2. The molecule has 4 atom stereocenters. The fraction of sp³-hybridized carbons (Fsp3) is 0.600. The first-order valence-electron chi connectivity index (χ1n) is 6.83.